The topological polar surface area (TPSA) is 84.2 Å². The van der Waals surface area contributed by atoms with Crippen molar-refractivity contribution in [2.75, 3.05) is 5.32 Å². The molecule has 0 aliphatic rings. The number of nitrogens with zero attached hydrogens (tertiary/aromatic N) is 2. The molecule has 2 heterocycles. The first kappa shape index (κ1) is 18.4. The summed E-state index contributed by atoms with van der Waals surface area (Å²) in [7, 11) is 0. The Morgan fingerprint density at radius 3 is 2.55 bits per heavy atom. The average molecular weight is 389 g/mol. The Hall–Kier alpha value is -4.00. The minimum atomic E-state index is -1.32. The number of carboxylic acids is 1. The van der Waals surface area contributed by atoms with Crippen LogP contribution in [0.2, 0.25) is 0 Å². The van der Waals surface area contributed by atoms with Gasteiger partial charge >= 0.3 is 5.97 Å². The zero-order chi connectivity index (χ0) is 20.4. The molecule has 29 heavy (non-hydrogen) atoms. The van der Waals surface area contributed by atoms with E-state index in [-0.39, 0.29) is 11.3 Å². The van der Waals surface area contributed by atoms with Crippen molar-refractivity contribution in [3.63, 3.8) is 0 Å². The predicted molar refractivity (Wildman–Crippen MR) is 107 cm³/mol. The van der Waals surface area contributed by atoms with Crippen LogP contribution in [0.1, 0.15) is 26.4 Å². The molecular weight excluding hydrogens is 373 g/mol. The van der Waals surface area contributed by atoms with Crippen molar-refractivity contribution >= 4 is 28.5 Å². The first-order valence-electron chi connectivity index (χ1n) is 8.85. The smallest absolute Gasteiger partial charge is 0.337 e. The predicted octanol–water partition coefficient (Wildman–Crippen LogP) is 4.17. The van der Waals surface area contributed by atoms with Gasteiger partial charge in [-0.3, -0.25) is 9.78 Å². The molecule has 7 heteroatoms. The van der Waals surface area contributed by atoms with Gasteiger partial charge in [0.1, 0.15) is 5.82 Å². The molecule has 0 bridgehead atoms. The van der Waals surface area contributed by atoms with Crippen LogP contribution in [0.15, 0.2) is 73.1 Å². The fraction of sp³-hybridized carbons (Fsp3) is 0.0455. The van der Waals surface area contributed by atoms with Gasteiger partial charge in [0, 0.05) is 23.3 Å². The molecule has 0 saturated heterocycles. The number of anilines is 1. The summed E-state index contributed by atoms with van der Waals surface area (Å²) in [6.45, 7) is 0.453. The highest BCUT2D eigenvalue weighted by Gasteiger charge is 2.20. The van der Waals surface area contributed by atoms with E-state index in [1.54, 1.807) is 24.5 Å². The monoisotopic (exact) mass is 389 g/mol. The molecule has 0 spiro atoms. The lowest BCUT2D eigenvalue weighted by molar-refractivity contribution is 0.0697. The number of carboxylic acid groups (broad SMARTS) is 1. The third-order valence-electron chi connectivity index (χ3n) is 4.57. The van der Waals surface area contributed by atoms with Crippen molar-refractivity contribution in [2.45, 2.75) is 6.54 Å². The number of halogens is 1. The van der Waals surface area contributed by atoms with E-state index < -0.39 is 17.7 Å². The minimum absolute atomic E-state index is 0.310. The van der Waals surface area contributed by atoms with Gasteiger partial charge in [-0.15, -0.1) is 0 Å². The zero-order valence-electron chi connectivity index (χ0n) is 15.2. The molecule has 0 aliphatic heterocycles. The fourth-order valence-corrected chi connectivity index (χ4v) is 3.23. The molecule has 0 radical (unpaired) electrons. The number of pyridine rings is 1. The standard InChI is InChI=1S/C22H16FN3O3/c23-18-9-5-8-16(22(28)29)20(18)25-21(27)17-13-26(12-14-6-3-4-11-24-14)19-10-2-1-7-15(17)19/h1-11,13H,12H2,(H,25,27)(H,28,29). The molecule has 4 rings (SSSR count). The second kappa shape index (κ2) is 7.55. The molecule has 6 nitrogen and oxygen atoms in total. The highest BCUT2D eigenvalue weighted by atomic mass is 19.1. The van der Waals surface area contributed by atoms with Gasteiger partial charge in [-0.05, 0) is 30.3 Å². The lowest BCUT2D eigenvalue weighted by Gasteiger charge is -2.09. The van der Waals surface area contributed by atoms with Crippen LogP contribution in [0, 0.1) is 5.82 Å². The van der Waals surface area contributed by atoms with Crippen LogP contribution in [0.25, 0.3) is 10.9 Å². The van der Waals surface area contributed by atoms with Gasteiger partial charge in [-0.25, -0.2) is 9.18 Å². The first-order chi connectivity index (χ1) is 14.0. The number of hydrogen-bond acceptors (Lipinski definition) is 3. The van der Waals surface area contributed by atoms with E-state index in [0.29, 0.717) is 17.5 Å². The average Bonchev–Trinajstić information content (AvgIpc) is 3.09. The summed E-state index contributed by atoms with van der Waals surface area (Å²) in [5.41, 5.74) is 1.29. The van der Waals surface area contributed by atoms with Crippen molar-refractivity contribution in [1.29, 1.82) is 0 Å². The van der Waals surface area contributed by atoms with Gasteiger partial charge in [0.25, 0.3) is 5.91 Å². The number of fused-ring (bicyclic) bond motifs is 1. The summed E-state index contributed by atoms with van der Waals surface area (Å²) in [6, 6.07) is 16.5. The molecule has 144 valence electrons. The lowest BCUT2D eigenvalue weighted by Crippen LogP contribution is -2.16. The number of para-hydroxylation sites is 2. The maximum atomic E-state index is 14.2. The number of rotatable bonds is 5. The molecule has 0 atom stereocenters. The summed E-state index contributed by atoms with van der Waals surface area (Å²) >= 11 is 0. The Morgan fingerprint density at radius 2 is 1.79 bits per heavy atom. The van der Waals surface area contributed by atoms with Gasteiger partial charge in [0.2, 0.25) is 0 Å². The number of hydrogen-bond donors (Lipinski definition) is 2. The summed E-state index contributed by atoms with van der Waals surface area (Å²) in [5.74, 6) is -2.72. The minimum Gasteiger partial charge on any atom is -0.478 e. The van der Waals surface area contributed by atoms with Gasteiger partial charge in [-0.2, -0.15) is 0 Å². The highest BCUT2D eigenvalue weighted by molar-refractivity contribution is 6.14. The first-order valence-corrected chi connectivity index (χ1v) is 8.85. The SMILES string of the molecule is O=C(O)c1cccc(F)c1NC(=O)c1cn(Cc2ccccn2)c2ccccc12. The Labute approximate surface area is 165 Å². The lowest BCUT2D eigenvalue weighted by atomic mass is 10.1. The zero-order valence-corrected chi connectivity index (χ0v) is 15.2. The molecule has 1 amide bonds. The van der Waals surface area contributed by atoms with Crippen molar-refractivity contribution in [2.24, 2.45) is 0 Å². The van der Waals surface area contributed by atoms with Crippen LogP contribution in [-0.2, 0) is 6.54 Å². The number of carbonyl (C=O) groups excluding carboxylic acids is 1. The summed E-state index contributed by atoms with van der Waals surface area (Å²) in [4.78, 5) is 28.6. The molecule has 0 fully saturated rings. The number of benzene rings is 2. The third kappa shape index (κ3) is 3.58. The van der Waals surface area contributed by atoms with Gasteiger partial charge in [-0.1, -0.05) is 30.3 Å². The number of aromatic nitrogens is 2. The van der Waals surface area contributed by atoms with E-state index in [9.17, 15) is 19.1 Å². The normalized spacial score (nSPS) is 10.8. The summed E-state index contributed by atoms with van der Waals surface area (Å²) in [5, 5.41) is 12.4. The molecule has 2 N–H and O–H groups in total. The van der Waals surface area contributed by atoms with E-state index in [0.717, 1.165) is 17.3 Å². The van der Waals surface area contributed by atoms with Gasteiger partial charge in [0.05, 0.1) is 29.1 Å². The van der Waals surface area contributed by atoms with Crippen molar-refractivity contribution in [1.82, 2.24) is 9.55 Å². The maximum absolute atomic E-state index is 14.2. The molecule has 4 aromatic rings. The maximum Gasteiger partial charge on any atom is 0.337 e. The third-order valence-corrected chi connectivity index (χ3v) is 4.57. The van der Waals surface area contributed by atoms with Crippen LogP contribution in [0.5, 0.6) is 0 Å². The van der Waals surface area contributed by atoms with E-state index >= 15 is 0 Å². The van der Waals surface area contributed by atoms with Crippen molar-refractivity contribution in [3.05, 3.63) is 95.7 Å². The molecule has 0 unspecified atom stereocenters. The van der Waals surface area contributed by atoms with E-state index in [1.165, 1.54) is 12.1 Å². The van der Waals surface area contributed by atoms with E-state index in [4.69, 9.17) is 0 Å². The van der Waals surface area contributed by atoms with Crippen LogP contribution >= 0.6 is 0 Å². The highest BCUT2D eigenvalue weighted by Crippen LogP contribution is 2.25. The fourth-order valence-electron chi connectivity index (χ4n) is 3.23. The molecule has 2 aromatic heterocycles. The molecule has 0 aliphatic carbocycles. The largest absolute Gasteiger partial charge is 0.478 e. The number of carbonyl (C=O) groups is 2. The molecular formula is C22H16FN3O3. The Bertz CT molecular complexity index is 1220. The van der Waals surface area contributed by atoms with Crippen LogP contribution < -0.4 is 5.32 Å². The molecule has 0 saturated carbocycles. The summed E-state index contributed by atoms with van der Waals surface area (Å²) in [6.07, 6.45) is 3.36. The van der Waals surface area contributed by atoms with Crippen molar-refractivity contribution in [3.8, 4) is 0 Å². The Balaban J connectivity index is 1.73. The number of aromatic carboxylic acids is 1. The Morgan fingerprint density at radius 1 is 1.00 bits per heavy atom. The van der Waals surface area contributed by atoms with Crippen LogP contribution in [-0.4, -0.2) is 26.5 Å². The van der Waals surface area contributed by atoms with E-state index in [2.05, 4.69) is 10.3 Å². The van der Waals surface area contributed by atoms with Gasteiger partial charge < -0.3 is 15.0 Å². The van der Waals surface area contributed by atoms with Crippen LogP contribution in [0.4, 0.5) is 10.1 Å². The summed E-state index contributed by atoms with van der Waals surface area (Å²) < 4.78 is 16.1. The number of nitrogens with one attached hydrogen (secondary N) is 1. The molecule has 2 aromatic carbocycles. The second-order valence-electron chi connectivity index (χ2n) is 6.43. The van der Waals surface area contributed by atoms with Crippen LogP contribution in [0.3, 0.4) is 0 Å². The van der Waals surface area contributed by atoms with Gasteiger partial charge in [0.15, 0.2) is 0 Å². The number of amides is 1. The van der Waals surface area contributed by atoms with E-state index in [1.807, 2.05) is 34.9 Å². The Kier molecular flexibility index (Phi) is 4.78. The quantitative estimate of drug-likeness (QED) is 0.536. The van der Waals surface area contributed by atoms with Crippen molar-refractivity contribution < 1.29 is 19.1 Å². The second-order valence-corrected chi connectivity index (χ2v) is 6.43.